The summed E-state index contributed by atoms with van der Waals surface area (Å²) >= 11 is 0. The van der Waals surface area contributed by atoms with E-state index in [9.17, 15) is 9.50 Å². The molecule has 1 unspecified atom stereocenters. The van der Waals surface area contributed by atoms with Crippen LogP contribution in [0.4, 0.5) is 4.39 Å². The van der Waals surface area contributed by atoms with Crippen molar-refractivity contribution in [2.45, 2.75) is 123 Å². The lowest BCUT2D eigenvalue weighted by atomic mass is 9.82. The van der Waals surface area contributed by atoms with Crippen LogP contribution in [0.25, 0.3) is 0 Å². The van der Waals surface area contributed by atoms with Crippen LogP contribution in [0.15, 0.2) is 36.4 Å². The molecule has 4 heteroatoms. The largest absolute Gasteiger partial charge is 0.392 e. The van der Waals surface area contributed by atoms with E-state index in [1.807, 2.05) is 0 Å². The number of rotatable bonds is 13. The van der Waals surface area contributed by atoms with Crippen molar-refractivity contribution < 1.29 is 9.50 Å². The third-order valence-corrected chi connectivity index (χ3v) is 7.60. The number of nitrogens with one attached hydrogen (secondary N) is 1. The SMILES string of the molecule is CC(C)c1cc(CC[C@H](O)CNCC(C)c2cc(CC[C@H](F)CN)cc(C(C)(C)C)c2)cc(C(C)(C)C)c1. The first kappa shape index (κ1) is 32.5. The average Bonchev–Trinajstić information content (AvgIpc) is 2.84. The second-order valence-corrected chi connectivity index (χ2v) is 13.7. The van der Waals surface area contributed by atoms with E-state index in [0.717, 1.165) is 19.4 Å². The molecule has 0 bridgehead atoms. The smallest absolute Gasteiger partial charge is 0.113 e. The van der Waals surface area contributed by atoms with Crippen molar-refractivity contribution in [3.05, 3.63) is 69.8 Å². The molecule has 3 atom stereocenters. The lowest BCUT2D eigenvalue weighted by molar-refractivity contribution is 0.161. The van der Waals surface area contributed by atoms with Gasteiger partial charge in [-0.3, -0.25) is 0 Å². The maximum Gasteiger partial charge on any atom is 0.113 e. The van der Waals surface area contributed by atoms with E-state index in [2.05, 4.69) is 104 Å². The third kappa shape index (κ3) is 10.4. The second-order valence-electron chi connectivity index (χ2n) is 13.7. The maximum absolute atomic E-state index is 13.8. The molecule has 0 aromatic heterocycles. The molecule has 3 nitrogen and oxygen atoms in total. The Hall–Kier alpha value is -1.75. The fraction of sp³-hybridized carbons (Fsp3) is 0.647. The van der Waals surface area contributed by atoms with Gasteiger partial charge in [0.05, 0.1) is 6.10 Å². The summed E-state index contributed by atoms with van der Waals surface area (Å²) in [5, 5.41) is 14.2. The van der Waals surface area contributed by atoms with Crippen molar-refractivity contribution in [1.29, 1.82) is 0 Å². The van der Waals surface area contributed by atoms with Gasteiger partial charge in [-0.05, 0) is 81.7 Å². The molecule has 0 saturated heterocycles. The highest BCUT2D eigenvalue weighted by atomic mass is 19.1. The molecule has 4 N–H and O–H groups in total. The van der Waals surface area contributed by atoms with Crippen LogP contribution in [0.5, 0.6) is 0 Å². The summed E-state index contributed by atoms with van der Waals surface area (Å²) in [4.78, 5) is 0. The van der Waals surface area contributed by atoms with Crippen LogP contribution in [0.1, 0.15) is 120 Å². The van der Waals surface area contributed by atoms with Gasteiger partial charge in [0.25, 0.3) is 0 Å². The molecule has 0 amide bonds. The topological polar surface area (TPSA) is 58.3 Å². The number of alkyl halides is 1. The monoisotopic (exact) mass is 526 g/mol. The lowest BCUT2D eigenvalue weighted by Crippen LogP contribution is -2.30. The predicted molar refractivity (Wildman–Crippen MR) is 162 cm³/mol. The van der Waals surface area contributed by atoms with E-state index in [4.69, 9.17) is 5.73 Å². The molecule has 0 radical (unpaired) electrons. The number of benzene rings is 2. The van der Waals surface area contributed by atoms with Crippen LogP contribution in [0.2, 0.25) is 0 Å². The molecular formula is C34H55FN2O. The number of nitrogens with two attached hydrogens (primary N) is 1. The highest BCUT2D eigenvalue weighted by molar-refractivity contribution is 5.37. The molecule has 0 heterocycles. The van der Waals surface area contributed by atoms with Crippen LogP contribution in [-0.2, 0) is 23.7 Å². The number of hydrogen-bond donors (Lipinski definition) is 3. The Labute approximate surface area is 232 Å². The molecule has 2 rings (SSSR count). The van der Waals surface area contributed by atoms with E-state index < -0.39 is 12.3 Å². The Morgan fingerprint density at radius 2 is 1.26 bits per heavy atom. The summed E-state index contributed by atoms with van der Waals surface area (Å²) in [6.45, 7) is 21.6. The summed E-state index contributed by atoms with van der Waals surface area (Å²) < 4.78 is 13.8. The van der Waals surface area contributed by atoms with Gasteiger partial charge in [0.2, 0.25) is 0 Å². The molecule has 2 aromatic rings. The van der Waals surface area contributed by atoms with E-state index >= 15 is 0 Å². The normalized spacial score (nSPS) is 15.1. The molecule has 0 spiro atoms. The quantitative estimate of drug-likeness (QED) is 0.256. The first-order chi connectivity index (χ1) is 17.6. The Kier molecular flexibility index (Phi) is 12.0. The molecule has 0 aliphatic rings. The Morgan fingerprint density at radius 3 is 1.76 bits per heavy atom. The van der Waals surface area contributed by atoms with Crippen molar-refractivity contribution in [2.24, 2.45) is 5.73 Å². The summed E-state index contributed by atoms with van der Waals surface area (Å²) in [5.41, 5.74) is 13.4. The second kappa shape index (κ2) is 14.1. The standard InChI is InChI=1S/C34H55FN2O/c1-23(2)27-14-26(17-29(18-27)33(4,5)6)11-13-32(38)22-37-21-24(3)28-15-25(10-12-31(35)20-36)16-30(19-28)34(7,8)9/h14-19,23-24,31-32,37-38H,10-13,20-22,36H2,1-9H3/t24?,31-,32-/m0/s1. The van der Waals surface area contributed by atoms with Crippen molar-refractivity contribution in [3.63, 3.8) is 0 Å². The number of aryl methyl sites for hydroxylation is 2. The fourth-order valence-corrected chi connectivity index (χ4v) is 4.67. The fourth-order valence-electron chi connectivity index (χ4n) is 4.67. The van der Waals surface area contributed by atoms with E-state index in [1.165, 1.54) is 33.4 Å². The zero-order valence-corrected chi connectivity index (χ0v) is 25.6. The number of aliphatic hydroxyl groups excluding tert-OH is 1. The number of aliphatic hydroxyl groups is 1. The Balaban J connectivity index is 1.98. The molecule has 0 aliphatic heterocycles. The van der Waals surface area contributed by atoms with Gasteiger partial charge in [-0.15, -0.1) is 0 Å². The van der Waals surface area contributed by atoms with Crippen molar-refractivity contribution in [3.8, 4) is 0 Å². The van der Waals surface area contributed by atoms with Crippen LogP contribution in [-0.4, -0.2) is 37.0 Å². The first-order valence-electron chi connectivity index (χ1n) is 14.6. The minimum Gasteiger partial charge on any atom is -0.392 e. The van der Waals surface area contributed by atoms with E-state index in [1.54, 1.807) is 0 Å². The van der Waals surface area contributed by atoms with Crippen molar-refractivity contribution >= 4 is 0 Å². The van der Waals surface area contributed by atoms with Gasteiger partial charge < -0.3 is 16.2 Å². The Morgan fingerprint density at radius 1 is 0.763 bits per heavy atom. The van der Waals surface area contributed by atoms with Gasteiger partial charge in [0.15, 0.2) is 0 Å². The van der Waals surface area contributed by atoms with Crippen molar-refractivity contribution in [2.75, 3.05) is 19.6 Å². The summed E-state index contributed by atoms with van der Waals surface area (Å²) in [6.07, 6.45) is 1.42. The molecule has 0 aliphatic carbocycles. The summed E-state index contributed by atoms with van der Waals surface area (Å²) in [5.74, 6) is 0.775. The molecule has 214 valence electrons. The summed E-state index contributed by atoms with van der Waals surface area (Å²) in [6, 6.07) is 13.7. The van der Waals surface area contributed by atoms with Gasteiger partial charge in [-0.1, -0.05) is 98.7 Å². The molecule has 0 fully saturated rings. The molecular weight excluding hydrogens is 471 g/mol. The minimum atomic E-state index is -0.954. The molecule has 0 saturated carbocycles. The lowest BCUT2D eigenvalue weighted by Gasteiger charge is -2.24. The predicted octanol–water partition coefficient (Wildman–Crippen LogP) is 7.32. The van der Waals surface area contributed by atoms with Gasteiger partial charge in [-0.2, -0.15) is 0 Å². The minimum absolute atomic E-state index is 0.0246. The van der Waals surface area contributed by atoms with Gasteiger partial charge in [0, 0.05) is 19.6 Å². The van der Waals surface area contributed by atoms with Crippen molar-refractivity contribution in [1.82, 2.24) is 5.32 Å². The zero-order valence-electron chi connectivity index (χ0n) is 25.6. The van der Waals surface area contributed by atoms with Crippen LogP contribution < -0.4 is 11.1 Å². The van der Waals surface area contributed by atoms with Gasteiger partial charge in [0.1, 0.15) is 6.17 Å². The van der Waals surface area contributed by atoms with Crippen LogP contribution >= 0.6 is 0 Å². The maximum atomic E-state index is 13.8. The van der Waals surface area contributed by atoms with Crippen LogP contribution in [0.3, 0.4) is 0 Å². The van der Waals surface area contributed by atoms with Gasteiger partial charge >= 0.3 is 0 Å². The third-order valence-electron chi connectivity index (χ3n) is 7.60. The zero-order chi connectivity index (χ0) is 28.7. The number of hydrogen-bond acceptors (Lipinski definition) is 3. The van der Waals surface area contributed by atoms with Crippen LogP contribution in [0, 0.1) is 0 Å². The molecule has 2 aromatic carbocycles. The van der Waals surface area contributed by atoms with Gasteiger partial charge in [-0.25, -0.2) is 4.39 Å². The highest BCUT2D eigenvalue weighted by Crippen LogP contribution is 2.29. The highest BCUT2D eigenvalue weighted by Gasteiger charge is 2.19. The van der Waals surface area contributed by atoms with E-state index in [0.29, 0.717) is 25.3 Å². The average molecular weight is 527 g/mol. The molecule has 38 heavy (non-hydrogen) atoms. The first-order valence-corrected chi connectivity index (χ1v) is 14.6. The van der Waals surface area contributed by atoms with E-state index in [-0.39, 0.29) is 23.3 Å². The Bertz CT molecular complexity index is 1000. The number of halogens is 1. The summed E-state index contributed by atoms with van der Waals surface area (Å²) in [7, 11) is 0.